The van der Waals surface area contributed by atoms with E-state index in [9.17, 15) is 5.26 Å². The average molecular weight is 346 g/mol. The van der Waals surface area contributed by atoms with Gasteiger partial charge >= 0.3 is 0 Å². The summed E-state index contributed by atoms with van der Waals surface area (Å²) in [7, 11) is 1.63. The van der Waals surface area contributed by atoms with Crippen molar-refractivity contribution in [3.63, 3.8) is 0 Å². The highest BCUT2D eigenvalue weighted by atomic mass is 32.1. The van der Waals surface area contributed by atoms with Crippen LogP contribution in [0.4, 0.5) is 0 Å². The lowest BCUT2D eigenvalue weighted by molar-refractivity contribution is 0.415. The van der Waals surface area contributed by atoms with Gasteiger partial charge in [0.15, 0.2) is 5.65 Å². The first kappa shape index (κ1) is 15.4. The molecular weight excluding hydrogens is 332 g/mol. The van der Waals surface area contributed by atoms with Gasteiger partial charge < -0.3 is 4.74 Å². The molecule has 4 rings (SSSR count). The molecule has 0 unspecified atom stereocenters. The Balaban J connectivity index is 2.05. The van der Waals surface area contributed by atoms with Gasteiger partial charge in [-0.05, 0) is 42.1 Å². The number of pyridine rings is 1. The highest BCUT2D eigenvalue weighted by Gasteiger charge is 2.18. The summed E-state index contributed by atoms with van der Waals surface area (Å²) in [5, 5.41) is 20.2. The maximum atomic E-state index is 9.76. The van der Waals surface area contributed by atoms with Gasteiger partial charge in [0.1, 0.15) is 23.2 Å². The molecular formula is C19H14N4OS. The lowest BCUT2D eigenvalue weighted by Crippen LogP contribution is -1.99. The molecule has 0 aliphatic heterocycles. The summed E-state index contributed by atoms with van der Waals surface area (Å²) in [5.74, 6) is 1.54. The van der Waals surface area contributed by atoms with Gasteiger partial charge in [0, 0.05) is 5.56 Å². The number of hydrogen-bond donors (Lipinski definition) is 0. The van der Waals surface area contributed by atoms with Crippen LogP contribution in [0.25, 0.3) is 27.3 Å². The van der Waals surface area contributed by atoms with Crippen molar-refractivity contribution in [2.75, 3.05) is 7.11 Å². The zero-order chi connectivity index (χ0) is 17.4. The van der Waals surface area contributed by atoms with Crippen LogP contribution in [0.5, 0.6) is 5.75 Å². The number of benzene rings is 1. The van der Waals surface area contributed by atoms with E-state index in [1.54, 1.807) is 18.4 Å². The van der Waals surface area contributed by atoms with Gasteiger partial charge in [0.25, 0.3) is 0 Å². The molecule has 6 heteroatoms. The standard InChI is InChI=1S/C19H14N4OS/c1-12-21-22-19-16(11-20)15(13-5-7-14(24-2)8-6-13)10-17(23(12)19)18-4-3-9-25-18/h3-10H,1-2H3. The second-order valence-electron chi connectivity index (χ2n) is 5.54. The number of methoxy groups -OCH3 is 1. The smallest absolute Gasteiger partial charge is 0.179 e. The largest absolute Gasteiger partial charge is 0.497 e. The van der Waals surface area contributed by atoms with Crippen molar-refractivity contribution >= 4 is 17.0 Å². The Morgan fingerprint density at radius 3 is 2.60 bits per heavy atom. The van der Waals surface area contributed by atoms with Crippen LogP contribution >= 0.6 is 11.3 Å². The van der Waals surface area contributed by atoms with Crippen molar-refractivity contribution in [1.82, 2.24) is 14.6 Å². The summed E-state index contributed by atoms with van der Waals surface area (Å²) < 4.78 is 7.17. The zero-order valence-electron chi connectivity index (χ0n) is 13.7. The highest BCUT2D eigenvalue weighted by molar-refractivity contribution is 7.13. The van der Waals surface area contributed by atoms with Crippen molar-refractivity contribution < 1.29 is 4.74 Å². The number of aryl methyl sites for hydroxylation is 1. The maximum absolute atomic E-state index is 9.76. The summed E-state index contributed by atoms with van der Waals surface area (Å²) in [5.41, 5.74) is 3.87. The van der Waals surface area contributed by atoms with Crippen LogP contribution in [0.1, 0.15) is 11.4 Å². The molecule has 1 aromatic carbocycles. The molecule has 3 heterocycles. The van der Waals surface area contributed by atoms with Crippen LogP contribution in [0.3, 0.4) is 0 Å². The number of aromatic nitrogens is 3. The third-order valence-corrected chi connectivity index (χ3v) is 5.02. The molecule has 0 amide bonds. The average Bonchev–Trinajstić information content (AvgIpc) is 3.31. The fourth-order valence-electron chi connectivity index (χ4n) is 2.92. The number of rotatable bonds is 3. The molecule has 25 heavy (non-hydrogen) atoms. The minimum Gasteiger partial charge on any atom is -0.497 e. The van der Waals surface area contributed by atoms with E-state index >= 15 is 0 Å². The lowest BCUT2D eigenvalue weighted by atomic mass is 10.00. The van der Waals surface area contributed by atoms with Crippen LogP contribution in [-0.4, -0.2) is 21.7 Å². The summed E-state index contributed by atoms with van der Waals surface area (Å²) in [4.78, 5) is 1.10. The summed E-state index contributed by atoms with van der Waals surface area (Å²) in [6.45, 7) is 1.89. The van der Waals surface area contributed by atoms with Crippen LogP contribution in [-0.2, 0) is 0 Å². The van der Waals surface area contributed by atoms with E-state index in [-0.39, 0.29) is 0 Å². The van der Waals surface area contributed by atoms with E-state index in [0.717, 1.165) is 33.3 Å². The van der Waals surface area contributed by atoms with Crippen LogP contribution in [0.15, 0.2) is 47.8 Å². The van der Waals surface area contributed by atoms with E-state index in [4.69, 9.17) is 4.74 Å². The third-order valence-electron chi connectivity index (χ3n) is 4.13. The lowest BCUT2D eigenvalue weighted by Gasteiger charge is -2.11. The van der Waals surface area contributed by atoms with Gasteiger partial charge in [-0.2, -0.15) is 5.26 Å². The van der Waals surface area contributed by atoms with Crippen molar-refractivity contribution in [2.45, 2.75) is 6.92 Å². The molecule has 0 aliphatic carbocycles. The summed E-state index contributed by atoms with van der Waals surface area (Å²) in [6, 6.07) is 16.1. The fourth-order valence-corrected chi connectivity index (χ4v) is 3.65. The van der Waals surface area contributed by atoms with Gasteiger partial charge in [-0.15, -0.1) is 21.5 Å². The van der Waals surface area contributed by atoms with Gasteiger partial charge in [-0.3, -0.25) is 4.40 Å². The van der Waals surface area contributed by atoms with Crippen molar-refractivity contribution in [1.29, 1.82) is 5.26 Å². The molecule has 0 fully saturated rings. The van der Waals surface area contributed by atoms with Crippen molar-refractivity contribution in [3.8, 4) is 33.5 Å². The number of fused-ring (bicyclic) bond motifs is 1. The minimum absolute atomic E-state index is 0.520. The van der Waals surface area contributed by atoms with Gasteiger partial charge in [-0.25, -0.2) is 0 Å². The zero-order valence-corrected chi connectivity index (χ0v) is 14.5. The monoisotopic (exact) mass is 346 g/mol. The Morgan fingerprint density at radius 1 is 1.16 bits per heavy atom. The predicted molar refractivity (Wildman–Crippen MR) is 97.7 cm³/mol. The minimum atomic E-state index is 0.520. The SMILES string of the molecule is COc1ccc(-c2cc(-c3cccs3)n3c(C)nnc3c2C#N)cc1. The predicted octanol–water partition coefficient (Wildman–Crippen LogP) is 4.31. The summed E-state index contributed by atoms with van der Waals surface area (Å²) in [6.07, 6.45) is 0. The van der Waals surface area contributed by atoms with Crippen molar-refractivity contribution in [3.05, 3.63) is 59.2 Å². The van der Waals surface area contributed by atoms with Crippen LogP contribution in [0.2, 0.25) is 0 Å². The normalized spacial score (nSPS) is 10.8. The first-order valence-electron chi connectivity index (χ1n) is 7.70. The second-order valence-corrected chi connectivity index (χ2v) is 6.49. The third kappa shape index (κ3) is 2.46. The highest BCUT2D eigenvalue weighted by Crippen LogP contribution is 2.34. The Kier molecular flexibility index (Phi) is 3.71. The second kappa shape index (κ2) is 6.04. The fraction of sp³-hybridized carbons (Fsp3) is 0.105. The van der Waals surface area contributed by atoms with Gasteiger partial charge in [-0.1, -0.05) is 18.2 Å². The first-order valence-corrected chi connectivity index (χ1v) is 8.58. The molecule has 0 saturated heterocycles. The Morgan fingerprint density at radius 2 is 1.96 bits per heavy atom. The molecule has 0 N–H and O–H groups in total. The van der Waals surface area contributed by atoms with E-state index in [1.165, 1.54) is 0 Å². The molecule has 122 valence electrons. The molecule has 4 aromatic rings. The molecule has 0 radical (unpaired) electrons. The van der Waals surface area contributed by atoms with E-state index in [2.05, 4.69) is 22.3 Å². The Bertz CT molecular complexity index is 1090. The number of nitriles is 1. The number of hydrogen-bond acceptors (Lipinski definition) is 5. The molecule has 0 bridgehead atoms. The Hall–Kier alpha value is -3.17. The van der Waals surface area contributed by atoms with E-state index < -0.39 is 0 Å². The molecule has 5 nitrogen and oxygen atoms in total. The topological polar surface area (TPSA) is 63.2 Å². The van der Waals surface area contributed by atoms with Crippen LogP contribution in [0, 0.1) is 18.3 Å². The van der Waals surface area contributed by atoms with Crippen molar-refractivity contribution in [2.24, 2.45) is 0 Å². The van der Waals surface area contributed by atoms with Crippen LogP contribution < -0.4 is 4.74 Å². The Labute approximate surface area is 148 Å². The molecule has 0 atom stereocenters. The van der Waals surface area contributed by atoms with E-state index in [1.807, 2.05) is 53.1 Å². The molecule has 0 spiro atoms. The number of thiophene rings is 1. The molecule has 3 aromatic heterocycles. The molecule has 0 aliphatic rings. The van der Waals surface area contributed by atoms with Gasteiger partial charge in [0.05, 0.1) is 17.7 Å². The number of nitrogens with zero attached hydrogens (tertiary/aromatic N) is 4. The van der Waals surface area contributed by atoms with Gasteiger partial charge in [0.2, 0.25) is 0 Å². The maximum Gasteiger partial charge on any atom is 0.179 e. The first-order chi connectivity index (χ1) is 12.2. The quantitative estimate of drug-likeness (QED) is 0.554. The summed E-state index contributed by atoms with van der Waals surface area (Å²) >= 11 is 1.65. The number of ether oxygens (including phenoxy) is 1. The molecule has 0 saturated carbocycles. The van der Waals surface area contributed by atoms with E-state index in [0.29, 0.717) is 11.2 Å².